The predicted octanol–water partition coefficient (Wildman–Crippen LogP) is 2.36. The van der Waals surface area contributed by atoms with E-state index in [9.17, 15) is 0 Å². The summed E-state index contributed by atoms with van der Waals surface area (Å²) >= 11 is 0. The Morgan fingerprint density at radius 1 is 1.33 bits per heavy atom. The van der Waals surface area contributed by atoms with E-state index in [1.54, 1.807) is 0 Å². The van der Waals surface area contributed by atoms with Gasteiger partial charge in [-0.15, -0.1) is 5.10 Å². The van der Waals surface area contributed by atoms with Crippen molar-refractivity contribution in [3.63, 3.8) is 0 Å². The zero-order chi connectivity index (χ0) is 13.1. The van der Waals surface area contributed by atoms with Gasteiger partial charge in [-0.2, -0.15) is 0 Å². The summed E-state index contributed by atoms with van der Waals surface area (Å²) in [7, 11) is 3.95. The van der Waals surface area contributed by atoms with Crippen LogP contribution in [0.4, 0.5) is 6.01 Å². The molecule has 1 aliphatic rings. The van der Waals surface area contributed by atoms with Crippen molar-refractivity contribution in [1.82, 2.24) is 15.5 Å². The molecule has 1 aromatic heterocycles. The Balaban J connectivity index is 2.08. The summed E-state index contributed by atoms with van der Waals surface area (Å²) in [4.78, 5) is 2.16. The summed E-state index contributed by atoms with van der Waals surface area (Å²) < 4.78 is 5.74. The van der Waals surface area contributed by atoms with Crippen LogP contribution in [0.5, 0.6) is 0 Å². The van der Waals surface area contributed by atoms with Gasteiger partial charge in [-0.3, -0.25) is 0 Å². The van der Waals surface area contributed by atoms with Gasteiger partial charge in [0.25, 0.3) is 0 Å². The third-order valence-corrected chi connectivity index (χ3v) is 4.10. The molecular formula is C13H24N4O. The number of anilines is 1. The molecule has 1 aromatic rings. The molecule has 3 unspecified atom stereocenters. The number of aromatic nitrogens is 2. The molecule has 0 bridgehead atoms. The molecule has 0 aliphatic heterocycles. The molecule has 1 aliphatic carbocycles. The average Bonchev–Trinajstić information content (AvgIpc) is 2.87. The number of rotatable bonds is 4. The van der Waals surface area contributed by atoms with E-state index >= 15 is 0 Å². The molecule has 2 rings (SSSR count). The molecule has 1 heterocycles. The minimum absolute atomic E-state index is 0.100. The molecule has 102 valence electrons. The lowest BCUT2D eigenvalue weighted by Crippen LogP contribution is -2.39. The standard InChI is InChI=1S/C13H24N4O/c1-9-7-5-6-8-11(9)17(4)13-16-15-12(18-13)10(2)14-3/h9-11,14H,5-8H2,1-4H3. The van der Waals surface area contributed by atoms with Gasteiger partial charge in [0, 0.05) is 13.1 Å². The molecule has 5 nitrogen and oxygen atoms in total. The highest BCUT2D eigenvalue weighted by molar-refractivity contribution is 5.25. The van der Waals surface area contributed by atoms with Crippen molar-refractivity contribution in [1.29, 1.82) is 0 Å². The fourth-order valence-electron chi connectivity index (χ4n) is 2.68. The van der Waals surface area contributed by atoms with Crippen molar-refractivity contribution in [2.75, 3.05) is 19.0 Å². The van der Waals surface area contributed by atoms with Crippen molar-refractivity contribution in [2.24, 2.45) is 5.92 Å². The molecule has 18 heavy (non-hydrogen) atoms. The zero-order valence-corrected chi connectivity index (χ0v) is 11.8. The van der Waals surface area contributed by atoms with Crippen LogP contribution in [0.15, 0.2) is 4.42 Å². The van der Waals surface area contributed by atoms with Gasteiger partial charge in [0.1, 0.15) is 0 Å². The first-order valence-electron chi connectivity index (χ1n) is 6.87. The van der Waals surface area contributed by atoms with Crippen LogP contribution in [0, 0.1) is 5.92 Å². The fraction of sp³-hybridized carbons (Fsp3) is 0.846. The van der Waals surface area contributed by atoms with E-state index in [2.05, 4.69) is 34.4 Å². The first-order chi connectivity index (χ1) is 8.63. The highest BCUT2D eigenvalue weighted by atomic mass is 16.4. The Morgan fingerprint density at radius 2 is 2.06 bits per heavy atom. The van der Waals surface area contributed by atoms with Crippen LogP contribution in [0.1, 0.15) is 51.5 Å². The van der Waals surface area contributed by atoms with Crippen LogP contribution in [0.3, 0.4) is 0 Å². The van der Waals surface area contributed by atoms with Crippen LogP contribution in [-0.2, 0) is 0 Å². The Bertz CT molecular complexity index is 379. The molecule has 0 saturated heterocycles. The second kappa shape index (κ2) is 5.69. The van der Waals surface area contributed by atoms with Gasteiger partial charge in [0.2, 0.25) is 5.89 Å². The topological polar surface area (TPSA) is 54.2 Å². The minimum atomic E-state index is 0.100. The van der Waals surface area contributed by atoms with Crippen molar-refractivity contribution >= 4 is 6.01 Å². The van der Waals surface area contributed by atoms with Crippen molar-refractivity contribution in [2.45, 2.75) is 51.6 Å². The van der Waals surface area contributed by atoms with E-state index in [4.69, 9.17) is 4.42 Å². The molecule has 0 amide bonds. The fourth-order valence-corrected chi connectivity index (χ4v) is 2.68. The molecule has 0 aromatic carbocycles. The lowest BCUT2D eigenvalue weighted by molar-refractivity contribution is 0.308. The van der Waals surface area contributed by atoms with Gasteiger partial charge in [0.05, 0.1) is 6.04 Å². The van der Waals surface area contributed by atoms with Crippen LogP contribution < -0.4 is 10.2 Å². The van der Waals surface area contributed by atoms with Gasteiger partial charge < -0.3 is 14.6 Å². The molecule has 0 spiro atoms. The molecule has 0 radical (unpaired) electrons. The van der Waals surface area contributed by atoms with Gasteiger partial charge in [-0.1, -0.05) is 24.9 Å². The molecule has 3 atom stereocenters. The number of hydrogen-bond acceptors (Lipinski definition) is 5. The largest absolute Gasteiger partial charge is 0.406 e. The van der Waals surface area contributed by atoms with Crippen LogP contribution >= 0.6 is 0 Å². The summed E-state index contributed by atoms with van der Waals surface area (Å²) in [5.74, 6) is 1.35. The van der Waals surface area contributed by atoms with Crippen LogP contribution in [0.25, 0.3) is 0 Å². The summed E-state index contributed by atoms with van der Waals surface area (Å²) in [6.45, 7) is 4.33. The number of nitrogens with one attached hydrogen (secondary N) is 1. The number of nitrogens with zero attached hydrogens (tertiary/aromatic N) is 3. The molecule has 1 fully saturated rings. The normalized spacial score (nSPS) is 26.0. The maximum absolute atomic E-state index is 5.74. The first-order valence-corrected chi connectivity index (χ1v) is 6.87. The van der Waals surface area contributed by atoms with Gasteiger partial charge in [-0.05, 0) is 32.7 Å². The molecule has 1 saturated carbocycles. The average molecular weight is 252 g/mol. The molecular weight excluding hydrogens is 228 g/mol. The van der Waals surface area contributed by atoms with Crippen molar-refractivity contribution in [3.05, 3.63) is 5.89 Å². The summed E-state index contributed by atoms with van der Waals surface area (Å²) in [6, 6.07) is 1.27. The molecule has 5 heteroatoms. The minimum Gasteiger partial charge on any atom is -0.406 e. The van der Waals surface area contributed by atoms with Gasteiger partial charge >= 0.3 is 6.01 Å². The maximum Gasteiger partial charge on any atom is 0.318 e. The SMILES string of the molecule is CNC(C)c1nnc(N(C)C2CCCCC2C)o1. The summed E-state index contributed by atoms with van der Waals surface area (Å²) in [5.41, 5.74) is 0. The Labute approximate surface area is 109 Å². The number of hydrogen-bond donors (Lipinski definition) is 1. The van der Waals surface area contributed by atoms with E-state index in [0.29, 0.717) is 23.9 Å². The smallest absolute Gasteiger partial charge is 0.318 e. The lowest BCUT2D eigenvalue weighted by Gasteiger charge is -2.35. The maximum atomic E-state index is 5.74. The van der Waals surface area contributed by atoms with Crippen LogP contribution in [0.2, 0.25) is 0 Å². The Hall–Kier alpha value is -1.10. The highest BCUT2D eigenvalue weighted by Gasteiger charge is 2.28. The van der Waals surface area contributed by atoms with Crippen molar-refractivity contribution < 1.29 is 4.42 Å². The quantitative estimate of drug-likeness (QED) is 0.891. The Morgan fingerprint density at radius 3 is 2.72 bits per heavy atom. The van der Waals surface area contributed by atoms with E-state index < -0.39 is 0 Å². The van der Waals surface area contributed by atoms with E-state index in [-0.39, 0.29) is 6.04 Å². The third-order valence-electron chi connectivity index (χ3n) is 4.10. The second-order valence-electron chi connectivity index (χ2n) is 5.37. The summed E-state index contributed by atoms with van der Waals surface area (Å²) in [5, 5.41) is 11.4. The van der Waals surface area contributed by atoms with Crippen molar-refractivity contribution in [3.8, 4) is 0 Å². The highest BCUT2D eigenvalue weighted by Crippen LogP contribution is 2.30. The molecule has 1 N–H and O–H groups in total. The van der Waals surface area contributed by atoms with E-state index in [0.717, 1.165) is 0 Å². The predicted molar refractivity (Wildman–Crippen MR) is 71.6 cm³/mol. The lowest BCUT2D eigenvalue weighted by atomic mass is 9.85. The van der Waals surface area contributed by atoms with E-state index in [1.807, 2.05) is 14.0 Å². The third kappa shape index (κ3) is 2.66. The van der Waals surface area contributed by atoms with E-state index in [1.165, 1.54) is 25.7 Å². The second-order valence-corrected chi connectivity index (χ2v) is 5.37. The van der Waals surface area contributed by atoms with Gasteiger partial charge in [0.15, 0.2) is 0 Å². The zero-order valence-electron chi connectivity index (χ0n) is 11.8. The van der Waals surface area contributed by atoms with Gasteiger partial charge in [-0.25, -0.2) is 0 Å². The summed E-state index contributed by atoms with van der Waals surface area (Å²) in [6.07, 6.45) is 5.16. The first kappa shape index (κ1) is 13.3. The van der Waals surface area contributed by atoms with Crippen LogP contribution in [-0.4, -0.2) is 30.3 Å². The monoisotopic (exact) mass is 252 g/mol. The Kier molecular flexibility index (Phi) is 4.22.